The van der Waals surface area contributed by atoms with Crippen molar-refractivity contribution in [3.05, 3.63) is 68.7 Å². The lowest BCUT2D eigenvalue weighted by molar-refractivity contribution is -0.385. The van der Waals surface area contributed by atoms with Crippen LogP contribution in [-0.4, -0.2) is 17.4 Å². The second kappa shape index (κ2) is 7.79. The quantitative estimate of drug-likeness (QED) is 0.628. The summed E-state index contributed by atoms with van der Waals surface area (Å²) in [5.74, 6) is -0.268. The van der Waals surface area contributed by atoms with E-state index in [1.54, 1.807) is 25.1 Å². The van der Waals surface area contributed by atoms with Crippen LogP contribution in [0.3, 0.4) is 0 Å². The van der Waals surface area contributed by atoms with Gasteiger partial charge in [-0.25, -0.2) is 0 Å². The van der Waals surface area contributed by atoms with Gasteiger partial charge in [-0.05, 0) is 43.7 Å². The van der Waals surface area contributed by atoms with Crippen LogP contribution in [0.25, 0.3) is 0 Å². The van der Waals surface area contributed by atoms with Crippen molar-refractivity contribution in [1.82, 2.24) is 5.32 Å². The fraction of sp³-hybridized carbons (Fsp3) is 0.235. The van der Waals surface area contributed by atoms with Crippen LogP contribution < -0.4 is 10.1 Å². The molecule has 1 amide bonds. The number of halogens is 1. The zero-order chi connectivity index (χ0) is 17.7. The minimum Gasteiger partial charge on any atom is -0.487 e. The number of benzene rings is 2. The van der Waals surface area contributed by atoms with E-state index in [9.17, 15) is 14.9 Å². The molecule has 126 valence electrons. The lowest BCUT2D eigenvalue weighted by atomic mass is 10.1. The zero-order valence-corrected chi connectivity index (χ0v) is 14.0. The largest absolute Gasteiger partial charge is 0.487 e. The molecular formula is C17H17ClN2O4. The molecule has 2 rings (SSSR count). The molecule has 0 bridgehead atoms. The lowest BCUT2D eigenvalue weighted by Crippen LogP contribution is -2.26. The van der Waals surface area contributed by atoms with E-state index in [-0.39, 0.29) is 23.0 Å². The molecule has 0 heterocycles. The normalized spacial score (nSPS) is 11.6. The Labute approximate surface area is 144 Å². The van der Waals surface area contributed by atoms with Crippen molar-refractivity contribution in [2.24, 2.45) is 0 Å². The molecule has 0 saturated carbocycles. The SMILES string of the molecule is CCOc1ccc(C(=O)N[C@H](C)c2cccc(Cl)c2)cc1[N+](=O)[O-]. The number of hydrogen-bond acceptors (Lipinski definition) is 4. The maximum atomic E-state index is 12.3. The first-order valence-electron chi connectivity index (χ1n) is 7.40. The summed E-state index contributed by atoms with van der Waals surface area (Å²) < 4.78 is 5.21. The van der Waals surface area contributed by atoms with Crippen molar-refractivity contribution in [3.8, 4) is 5.75 Å². The molecule has 0 spiro atoms. The fourth-order valence-electron chi connectivity index (χ4n) is 2.22. The smallest absolute Gasteiger partial charge is 0.311 e. The molecule has 0 saturated heterocycles. The van der Waals surface area contributed by atoms with E-state index < -0.39 is 10.8 Å². The minimum absolute atomic E-state index is 0.141. The highest BCUT2D eigenvalue weighted by Gasteiger charge is 2.19. The Morgan fingerprint density at radius 2 is 2.08 bits per heavy atom. The Hall–Kier alpha value is -2.60. The Morgan fingerprint density at radius 3 is 2.71 bits per heavy atom. The number of nitro benzene ring substituents is 1. The van der Waals surface area contributed by atoms with E-state index in [1.165, 1.54) is 18.2 Å². The molecule has 0 unspecified atom stereocenters. The van der Waals surface area contributed by atoms with Crippen LogP contribution in [-0.2, 0) is 0 Å². The van der Waals surface area contributed by atoms with Gasteiger partial charge in [-0.15, -0.1) is 0 Å². The van der Waals surface area contributed by atoms with Gasteiger partial charge in [0, 0.05) is 16.7 Å². The van der Waals surface area contributed by atoms with Gasteiger partial charge in [-0.2, -0.15) is 0 Å². The minimum atomic E-state index is -0.567. The molecule has 2 aromatic carbocycles. The van der Waals surface area contributed by atoms with Crippen molar-refractivity contribution in [2.75, 3.05) is 6.61 Å². The van der Waals surface area contributed by atoms with Crippen LogP contribution in [0.4, 0.5) is 5.69 Å². The molecule has 1 N–H and O–H groups in total. The van der Waals surface area contributed by atoms with Crippen molar-refractivity contribution in [1.29, 1.82) is 0 Å². The van der Waals surface area contributed by atoms with Gasteiger partial charge in [0.25, 0.3) is 5.91 Å². The predicted molar refractivity (Wildman–Crippen MR) is 91.6 cm³/mol. The number of rotatable bonds is 6. The van der Waals surface area contributed by atoms with Gasteiger partial charge >= 0.3 is 5.69 Å². The molecular weight excluding hydrogens is 332 g/mol. The zero-order valence-electron chi connectivity index (χ0n) is 13.3. The number of nitrogens with one attached hydrogen (secondary N) is 1. The fourth-order valence-corrected chi connectivity index (χ4v) is 2.42. The van der Waals surface area contributed by atoms with Crippen molar-refractivity contribution >= 4 is 23.2 Å². The van der Waals surface area contributed by atoms with E-state index >= 15 is 0 Å². The third-order valence-corrected chi connectivity index (χ3v) is 3.65. The second-order valence-electron chi connectivity index (χ2n) is 5.12. The number of ether oxygens (including phenoxy) is 1. The molecule has 2 aromatic rings. The average Bonchev–Trinajstić information content (AvgIpc) is 2.55. The van der Waals surface area contributed by atoms with E-state index in [2.05, 4.69) is 5.32 Å². The van der Waals surface area contributed by atoms with Gasteiger partial charge in [-0.3, -0.25) is 14.9 Å². The van der Waals surface area contributed by atoms with Gasteiger partial charge in [0.2, 0.25) is 0 Å². The summed E-state index contributed by atoms with van der Waals surface area (Å²) in [5.41, 5.74) is 0.801. The van der Waals surface area contributed by atoms with Crippen molar-refractivity contribution < 1.29 is 14.5 Å². The number of nitro groups is 1. The molecule has 0 aliphatic carbocycles. The number of carbonyl (C=O) groups is 1. The molecule has 0 aromatic heterocycles. The van der Waals surface area contributed by atoms with E-state index in [0.717, 1.165) is 5.56 Å². The third kappa shape index (κ3) is 4.23. The monoisotopic (exact) mass is 348 g/mol. The van der Waals surface area contributed by atoms with Crippen molar-refractivity contribution in [2.45, 2.75) is 19.9 Å². The molecule has 0 fully saturated rings. The number of nitrogens with zero attached hydrogens (tertiary/aromatic N) is 1. The predicted octanol–water partition coefficient (Wildman–Crippen LogP) is 4.14. The van der Waals surface area contributed by atoms with Gasteiger partial charge in [-0.1, -0.05) is 23.7 Å². The summed E-state index contributed by atoms with van der Waals surface area (Å²) in [6.07, 6.45) is 0. The first-order valence-corrected chi connectivity index (χ1v) is 7.77. The maximum absolute atomic E-state index is 12.3. The van der Waals surface area contributed by atoms with Gasteiger partial charge < -0.3 is 10.1 Å². The highest BCUT2D eigenvalue weighted by Crippen LogP contribution is 2.28. The molecule has 24 heavy (non-hydrogen) atoms. The highest BCUT2D eigenvalue weighted by molar-refractivity contribution is 6.30. The molecule has 6 nitrogen and oxygen atoms in total. The molecule has 1 atom stereocenters. The summed E-state index contributed by atoms with van der Waals surface area (Å²) in [6.45, 7) is 3.85. The van der Waals surface area contributed by atoms with E-state index in [0.29, 0.717) is 11.6 Å². The van der Waals surface area contributed by atoms with Crippen LogP contribution in [0.5, 0.6) is 5.75 Å². The van der Waals surface area contributed by atoms with Gasteiger partial charge in [0.15, 0.2) is 5.75 Å². The Balaban J connectivity index is 2.20. The second-order valence-corrected chi connectivity index (χ2v) is 5.56. The van der Waals surface area contributed by atoms with Crippen LogP contribution >= 0.6 is 11.6 Å². The molecule has 0 aliphatic rings. The summed E-state index contributed by atoms with van der Waals surface area (Å²) in [7, 11) is 0. The first kappa shape index (κ1) is 17.7. The summed E-state index contributed by atoms with van der Waals surface area (Å²) >= 11 is 5.94. The molecule has 0 aliphatic heterocycles. The summed E-state index contributed by atoms with van der Waals surface area (Å²) in [4.78, 5) is 22.9. The van der Waals surface area contributed by atoms with Crippen LogP contribution in [0.2, 0.25) is 5.02 Å². The van der Waals surface area contributed by atoms with Crippen LogP contribution in [0.1, 0.15) is 35.8 Å². The molecule has 7 heteroatoms. The topological polar surface area (TPSA) is 81.5 Å². The van der Waals surface area contributed by atoms with Crippen LogP contribution in [0.15, 0.2) is 42.5 Å². The first-order chi connectivity index (χ1) is 11.4. The highest BCUT2D eigenvalue weighted by atomic mass is 35.5. The Bertz CT molecular complexity index is 764. The van der Waals surface area contributed by atoms with E-state index in [4.69, 9.17) is 16.3 Å². The number of carbonyl (C=O) groups excluding carboxylic acids is 1. The van der Waals surface area contributed by atoms with Gasteiger partial charge in [0.1, 0.15) is 0 Å². The Kier molecular flexibility index (Phi) is 5.76. The Morgan fingerprint density at radius 1 is 1.33 bits per heavy atom. The van der Waals surface area contributed by atoms with Crippen molar-refractivity contribution in [3.63, 3.8) is 0 Å². The number of amides is 1. The number of hydrogen-bond donors (Lipinski definition) is 1. The van der Waals surface area contributed by atoms with Crippen LogP contribution in [0, 0.1) is 10.1 Å². The maximum Gasteiger partial charge on any atom is 0.311 e. The van der Waals surface area contributed by atoms with E-state index in [1.807, 2.05) is 13.0 Å². The molecule has 0 radical (unpaired) electrons. The third-order valence-electron chi connectivity index (χ3n) is 3.41. The summed E-state index contributed by atoms with van der Waals surface area (Å²) in [6, 6.07) is 11.0. The summed E-state index contributed by atoms with van der Waals surface area (Å²) in [5, 5.41) is 14.5. The van der Waals surface area contributed by atoms with Gasteiger partial charge in [0.05, 0.1) is 17.6 Å². The standard InChI is InChI=1S/C17H17ClN2O4/c1-3-24-16-8-7-13(10-15(16)20(22)23)17(21)19-11(2)12-5-4-6-14(18)9-12/h4-11H,3H2,1-2H3,(H,19,21)/t11-/m1/s1. The lowest BCUT2D eigenvalue weighted by Gasteiger charge is -2.15. The average molecular weight is 349 g/mol.